The lowest BCUT2D eigenvalue weighted by Crippen LogP contribution is -2.14. The van der Waals surface area contributed by atoms with Crippen molar-refractivity contribution < 1.29 is 5.11 Å². The third kappa shape index (κ3) is 2.28. The van der Waals surface area contributed by atoms with E-state index in [2.05, 4.69) is 43.4 Å². The summed E-state index contributed by atoms with van der Waals surface area (Å²) in [7, 11) is 0. The van der Waals surface area contributed by atoms with Crippen molar-refractivity contribution in [2.24, 2.45) is 5.92 Å². The predicted octanol–water partition coefficient (Wildman–Crippen LogP) is 2.11. The molecule has 1 aromatic rings. The molecule has 1 fully saturated rings. The summed E-state index contributed by atoms with van der Waals surface area (Å²) >= 11 is 0. The van der Waals surface area contributed by atoms with Gasteiger partial charge in [0, 0.05) is 31.5 Å². The van der Waals surface area contributed by atoms with Crippen LogP contribution >= 0.6 is 0 Å². The van der Waals surface area contributed by atoms with Crippen molar-refractivity contribution >= 4 is 0 Å². The smallest absolute Gasteiger partial charge is 0.0477 e. The monoisotopic (exact) mass is 219 g/mol. The zero-order valence-electron chi connectivity index (χ0n) is 10.1. The van der Waals surface area contributed by atoms with Crippen molar-refractivity contribution in [2.45, 2.75) is 25.7 Å². The Hall–Kier alpha value is -0.860. The molecule has 1 aliphatic rings. The maximum atomic E-state index is 9.30. The molecule has 2 rings (SSSR count). The quantitative estimate of drug-likeness (QED) is 0.816. The highest BCUT2D eigenvalue weighted by molar-refractivity contribution is 5.28. The summed E-state index contributed by atoms with van der Waals surface area (Å²) in [6.07, 6.45) is 0. The Kier molecular flexibility index (Phi) is 3.62. The first-order valence-corrected chi connectivity index (χ1v) is 6.13. The van der Waals surface area contributed by atoms with Crippen molar-refractivity contribution in [2.75, 3.05) is 19.7 Å². The van der Waals surface area contributed by atoms with Gasteiger partial charge in [0.1, 0.15) is 0 Å². The van der Waals surface area contributed by atoms with Gasteiger partial charge in [-0.1, -0.05) is 38.1 Å². The molecule has 0 aliphatic carbocycles. The SMILES string of the molecule is CC(C)c1ccc([C@H]2CNC[C@H]2CO)cc1. The summed E-state index contributed by atoms with van der Waals surface area (Å²) in [4.78, 5) is 0. The van der Waals surface area contributed by atoms with Gasteiger partial charge in [-0.15, -0.1) is 0 Å². The zero-order valence-corrected chi connectivity index (χ0v) is 10.1. The molecular formula is C14H21NO. The number of nitrogens with one attached hydrogen (secondary N) is 1. The van der Waals surface area contributed by atoms with Crippen LogP contribution in [0.1, 0.15) is 36.8 Å². The summed E-state index contributed by atoms with van der Waals surface area (Å²) in [5.41, 5.74) is 2.74. The topological polar surface area (TPSA) is 32.3 Å². The van der Waals surface area contributed by atoms with Gasteiger partial charge in [-0.05, 0) is 17.0 Å². The molecule has 1 saturated heterocycles. The second-order valence-electron chi connectivity index (χ2n) is 5.03. The fraction of sp³-hybridized carbons (Fsp3) is 0.571. The Morgan fingerprint density at radius 3 is 2.50 bits per heavy atom. The van der Waals surface area contributed by atoms with Crippen LogP contribution in [-0.4, -0.2) is 24.8 Å². The number of hydrogen-bond donors (Lipinski definition) is 2. The maximum absolute atomic E-state index is 9.30. The van der Waals surface area contributed by atoms with Crippen LogP contribution < -0.4 is 5.32 Å². The second kappa shape index (κ2) is 4.98. The van der Waals surface area contributed by atoms with E-state index < -0.39 is 0 Å². The molecule has 2 nitrogen and oxygen atoms in total. The van der Waals surface area contributed by atoms with Crippen LogP contribution in [0, 0.1) is 5.92 Å². The van der Waals surface area contributed by atoms with E-state index in [1.54, 1.807) is 0 Å². The van der Waals surface area contributed by atoms with Crippen LogP contribution in [0.4, 0.5) is 0 Å². The zero-order chi connectivity index (χ0) is 11.5. The Morgan fingerprint density at radius 1 is 1.25 bits per heavy atom. The van der Waals surface area contributed by atoms with Crippen LogP contribution in [0.2, 0.25) is 0 Å². The van der Waals surface area contributed by atoms with E-state index in [0.29, 0.717) is 17.8 Å². The highest BCUT2D eigenvalue weighted by Gasteiger charge is 2.27. The summed E-state index contributed by atoms with van der Waals surface area (Å²) < 4.78 is 0. The summed E-state index contributed by atoms with van der Waals surface area (Å²) in [6.45, 7) is 6.63. The minimum Gasteiger partial charge on any atom is -0.396 e. The molecule has 0 aromatic heterocycles. The van der Waals surface area contributed by atoms with Gasteiger partial charge in [0.25, 0.3) is 0 Å². The second-order valence-corrected chi connectivity index (χ2v) is 5.03. The molecule has 1 heterocycles. The van der Waals surface area contributed by atoms with Gasteiger partial charge in [-0.2, -0.15) is 0 Å². The molecule has 2 heteroatoms. The van der Waals surface area contributed by atoms with E-state index in [1.807, 2.05) is 0 Å². The van der Waals surface area contributed by atoms with Gasteiger partial charge in [-0.25, -0.2) is 0 Å². The molecule has 0 radical (unpaired) electrons. The number of aliphatic hydroxyl groups is 1. The van der Waals surface area contributed by atoms with Gasteiger partial charge in [0.15, 0.2) is 0 Å². The van der Waals surface area contributed by atoms with E-state index in [1.165, 1.54) is 11.1 Å². The largest absolute Gasteiger partial charge is 0.396 e. The number of benzene rings is 1. The lowest BCUT2D eigenvalue weighted by atomic mass is 9.88. The van der Waals surface area contributed by atoms with Gasteiger partial charge in [-0.3, -0.25) is 0 Å². The molecule has 0 saturated carbocycles. The lowest BCUT2D eigenvalue weighted by Gasteiger charge is -2.17. The van der Waals surface area contributed by atoms with Crippen molar-refractivity contribution in [3.05, 3.63) is 35.4 Å². The molecule has 16 heavy (non-hydrogen) atoms. The van der Waals surface area contributed by atoms with Crippen LogP contribution in [0.3, 0.4) is 0 Å². The Bertz CT molecular complexity index is 331. The third-order valence-corrected chi connectivity index (χ3v) is 3.61. The standard InChI is InChI=1S/C14H21NO/c1-10(2)11-3-5-12(6-4-11)14-8-15-7-13(14)9-16/h3-6,10,13-16H,7-9H2,1-2H3/t13-,14+/m0/s1. The lowest BCUT2D eigenvalue weighted by molar-refractivity contribution is 0.226. The summed E-state index contributed by atoms with van der Waals surface area (Å²) in [5, 5.41) is 12.6. The molecule has 1 aromatic carbocycles. The highest BCUT2D eigenvalue weighted by atomic mass is 16.3. The molecule has 2 atom stereocenters. The van der Waals surface area contributed by atoms with Gasteiger partial charge in [0.05, 0.1) is 0 Å². The molecular weight excluding hydrogens is 198 g/mol. The molecule has 1 aliphatic heterocycles. The van der Waals surface area contributed by atoms with Crippen molar-refractivity contribution in [3.63, 3.8) is 0 Å². The molecule has 88 valence electrons. The third-order valence-electron chi connectivity index (χ3n) is 3.61. The van der Waals surface area contributed by atoms with E-state index >= 15 is 0 Å². The van der Waals surface area contributed by atoms with Crippen LogP contribution in [0.15, 0.2) is 24.3 Å². The fourth-order valence-corrected chi connectivity index (χ4v) is 2.44. The highest BCUT2D eigenvalue weighted by Crippen LogP contribution is 2.28. The maximum Gasteiger partial charge on any atom is 0.0477 e. The average Bonchev–Trinajstić information content (AvgIpc) is 2.77. The van der Waals surface area contributed by atoms with E-state index in [9.17, 15) is 5.11 Å². The van der Waals surface area contributed by atoms with Crippen LogP contribution in [0.5, 0.6) is 0 Å². The molecule has 0 amide bonds. The van der Waals surface area contributed by atoms with E-state index in [0.717, 1.165) is 13.1 Å². The Labute approximate surface area is 97.7 Å². The first-order valence-electron chi connectivity index (χ1n) is 6.13. The number of hydrogen-bond acceptors (Lipinski definition) is 2. The Morgan fingerprint density at radius 2 is 1.94 bits per heavy atom. The van der Waals surface area contributed by atoms with Crippen molar-refractivity contribution in [1.29, 1.82) is 0 Å². The average molecular weight is 219 g/mol. The predicted molar refractivity (Wildman–Crippen MR) is 66.7 cm³/mol. The van der Waals surface area contributed by atoms with Gasteiger partial charge >= 0.3 is 0 Å². The van der Waals surface area contributed by atoms with E-state index in [-0.39, 0.29) is 6.61 Å². The molecule has 0 bridgehead atoms. The van der Waals surface area contributed by atoms with Crippen molar-refractivity contribution in [3.8, 4) is 0 Å². The minimum absolute atomic E-state index is 0.281. The number of rotatable bonds is 3. The normalized spacial score (nSPS) is 25.2. The first kappa shape index (κ1) is 11.6. The van der Waals surface area contributed by atoms with Crippen molar-refractivity contribution in [1.82, 2.24) is 5.32 Å². The van der Waals surface area contributed by atoms with Crippen LogP contribution in [-0.2, 0) is 0 Å². The Balaban J connectivity index is 2.15. The fourth-order valence-electron chi connectivity index (χ4n) is 2.44. The summed E-state index contributed by atoms with van der Waals surface area (Å²) in [5.74, 6) is 1.44. The van der Waals surface area contributed by atoms with Crippen LogP contribution in [0.25, 0.3) is 0 Å². The van der Waals surface area contributed by atoms with Gasteiger partial charge in [0.2, 0.25) is 0 Å². The van der Waals surface area contributed by atoms with E-state index in [4.69, 9.17) is 0 Å². The minimum atomic E-state index is 0.281. The molecule has 2 N–H and O–H groups in total. The first-order chi connectivity index (χ1) is 7.72. The molecule has 0 unspecified atom stereocenters. The molecule has 0 spiro atoms. The van der Waals surface area contributed by atoms with Gasteiger partial charge < -0.3 is 10.4 Å². The summed E-state index contributed by atoms with van der Waals surface area (Å²) in [6, 6.07) is 8.87. The number of aliphatic hydroxyl groups excluding tert-OH is 1.